The van der Waals surface area contributed by atoms with E-state index in [0.29, 0.717) is 12.8 Å². The van der Waals surface area contributed by atoms with E-state index in [-0.39, 0.29) is 5.92 Å². The minimum absolute atomic E-state index is 0.332. The van der Waals surface area contributed by atoms with Crippen LogP contribution in [0.25, 0.3) is 0 Å². The molecule has 0 unspecified atom stereocenters. The maximum atomic E-state index is 10.6. The number of carboxylic acids is 1. The van der Waals surface area contributed by atoms with Crippen LogP contribution < -0.4 is 0 Å². The normalized spacial score (nSPS) is 12.0. The molecule has 0 heterocycles. The van der Waals surface area contributed by atoms with Gasteiger partial charge in [0.15, 0.2) is 0 Å². The molecule has 0 aromatic heterocycles. The van der Waals surface area contributed by atoms with Crippen molar-refractivity contribution in [1.82, 2.24) is 0 Å². The van der Waals surface area contributed by atoms with Crippen LogP contribution in [-0.4, -0.2) is 11.1 Å². The highest BCUT2D eigenvalue weighted by molar-refractivity contribution is 5.70. The Kier molecular flexibility index (Phi) is 6.18. The standard InChI is InChI=1S/C10H16O2/c1-3-5-6-8-9(7-4-2)10(11)12/h2,9H,3,5-8H2,1H3,(H,11,12)/t9-/m0/s1. The summed E-state index contributed by atoms with van der Waals surface area (Å²) >= 11 is 0. The van der Waals surface area contributed by atoms with Crippen molar-refractivity contribution in [2.24, 2.45) is 5.92 Å². The first kappa shape index (κ1) is 11.0. The van der Waals surface area contributed by atoms with E-state index in [9.17, 15) is 4.79 Å². The number of hydrogen-bond acceptors (Lipinski definition) is 1. The molecule has 2 nitrogen and oxygen atoms in total. The number of aliphatic carboxylic acids is 1. The van der Waals surface area contributed by atoms with Crippen LogP contribution in [0.2, 0.25) is 0 Å². The average Bonchev–Trinajstić information content (AvgIpc) is 2.03. The lowest BCUT2D eigenvalue weighted by atomic mass is 9.98. The van der Waals surface area contributed by atoms with Crippen molar-refractivity contribution in [3.05, 3.63) is 0 Å². The van der Waals surface area contributed by atoms with E-state index in [4.69, 9.17) is 11.5 Å². The van der Waals surface area contributed by atoms with Gasteiger partial charge in [-0.3, -0.25) is 4.79 Å². The molecule has 68 valence electrons. The highest BCUT2D eigenvalue weighted by atomic mass is 16.4. The summed E-state index contributed by atoms with van der Waals surface area (Å²) in [4.78, 5) is 10.6. The van der Waals surface area contributed by atoms with Gasteiger partial charge in [-0.2, -0.15) is 0 Å². The monoisotopic (exact) mass is 168 g/mol. The Labute approximate surface area is 74.0 Å². The van der Waals surface area contributed by atoms with E-state index >= 15 is 0 Å². The summed E-state index contributed by atoms with van der Waals surface area (Å²) in [6.07, 6.45) is 9.31. The number of rotatable bonds is 6. The highest BCUT2D eigenvalue weighted by Gasteiger charge is 2.14. The summed E-state index contributed by atoms with van der Waals surface area (Å²) in [6, 6.07) is 0. The number of unbranched alkanes of at least 4 members (excludes halogenated alkanes) is 2. The second kappa shape index (κ2) is 6.72. The van der Waals surface area contributed by atoms with Crippen molar-refractivity contribution in [3.8, 4) is 12.3 Å². The van der Waals surface area contributed by atoms with E-state index in [1.54, 1.807) is 0 Å². The summed E-state index contributed by atoms with van der Waals surface area (Å²) in [5, 5.41) is 8.71. The van der Waals surface area contributed by atoms with Gasteiger partial charge in [0.2, 0.25) is 0 Å². The summed E-state index contributed by atoms with van der Waals surface area (Å²) in [5.74, 6) is 1.30. The molecular formula is C10H16O2. The summed E-state index contributed by atoms with van der Waals surface area (Å²) in [7, 11) is 0. The quantitative estimate of drug-likeness (QED) is 0.488. The fourth-order valence-corrected chi connectivity index (χ4v) is 1.10. The first-order chi connectivity index (χ1) is 5.72. The third kappa shape index (κ3) is 4.79. The zero-order chi connectivity index (χ0) is 9.40. The second-order valence-corrected chi connectivity index (χ2v) is 2.94. The molecule has 0 aliphatic carbocycles. The third-order valence-corrected chi connectivity index (χ3v) is 1.87. The molecule has 0 fully saturated rings. The van der Waals surface area contributed by atoms with Gasteiger partial charge < -0.3 is 5.11 Å². The smallest absolute Gasteiger partial charge is 0.307 e. The van der Waals surface area contributed by atoms with Crippen molar-refractivity contribution in [1.29, 1.82) is 0 Å². The molecule has 0 aromatic carbocycles. The van der Waals surface area contributed by atoms with Crippen LogP contribution in [0.1, 0.15) is 39.0 Å². The molecule has 0 aromatic rings. The predicted molar refractivity (Wildman–Crippen MR) is 48.7 cm³/mol. The molecule has 1 N–H and O–H groups in total. The van der Waals surface area contributed by atoms with Crippen LogP contribution in [0.15, 0.2) is 0 Å². The van der Waals surface area contributed by atoms with Crippen molar-refractivity contribution < 1.29 is 9.90 Å². The Bertz CT molecular complexity index is 167. The van der Waals surface area contributed by atoms with Gasteiger partial charge in [0.1, 0.15) is 0 Å². The second-order valence-electron chi connectivity index (χ2n) is 2.94. The maximum absolute atomic E-state index is 10.6. The van der Waals surface area contributed by atoms with Crippen LogP contribution >= 0.6 is 0 Å². The Hall–Kier alpha value is -0.970. The van der Waals surface area contributed by atoms with Crippen molar-refractivity contribution in [2.75, 3.05) is 0 Å². The van der Waals surface area contributed by atoms with Crippen LogP contribution in [-0.2, 0) is 4.79 Å². The fourth-order valence-electron chi connectivity index (χ4n) is 1.10. The van der Waals surface area contributed by atoms with Crippen LogP contribution in [0.5, 0.6) is 0 Å². The maximum Gasteiger partial charge on any atom is 0.307 e. The first-order valence-electron chi connectivity index (χ1n) is 4.38. The number of carbonyl (C=O) groups is 1. The minimum atomic E-state index is -0.760. The lowest BCUT2D eigenvalue weighted by Gasteiger charge is -2.07. The molecule has 0 aliphatic rings. The van der Waals surface area contributed by atoms with Gasteiger partial charge in [-0.15, -0.1) is 12.3 Å². The van der Waals surface area contributed by atoms with Gasteiger partial charge in [-0.1, -0.05) is 26.2 Å². The van der Waals surface area contributed by atoms with E-state index in [1.165, 1.54) is 0 Å². The highest BCUT2D eigenvalue weighted by Crippen LogP contribution is 2.13. The van der Waals surface area contributed by atoms with Crippen molar-refractivity contribution in [3.63, 3.8) is 0 Å². The molecule has 0 bridgehead atoms. The SMILES string of the molecule is C#CC[C@@H](CCCCC)C(=O)O. The van der Waals surface area contributed by atoms with Crippen molar-refractivity contribution >= 4 is 5.97 Å². The van der Waals surface area contributed by atoms with Crippen LogP contribution in [0, 0.1) is 18.3 Å². The number of terminal acetylenes is 1. The van der Waals surface area contributed by atoms with Gasteiger partial charge in [0.05, 0.1) is 5.92 Å². The van der Waals surface area contributed by atoms with Crippen LogP contribution in [0.4, 0.5) is 0 Å². The number of hydrogen-bond donors (Lipinski definition) is 1. The van der Waals surface area contributed by atoms with E-state index < -0.39 is 5.97 Å². The molecular weight excluding hydrogens is 152 g/mol. The minimum Gasteiger partial charge on any atom is -0.481 e. The molecule has 0 saturated carbocycles. The predicted octanol–water partition coefficient (Wildman–Crippen LogP) is 2.29. The molecule has 1 atom stereocenters. The van der Waals surface area contributed by atoms with E-state index in [2.05, 4.69) is 12.8 Å². The van der Waals surface area contributed by atoms with Gasteiger partial charge >= 0.3 is 5.97 Å². The Morgan fingerprint density at radius 3 is 2.67 bits per heavy atom. The molecule has 0 spiro atoms. The number of carboxylic acid groups (broad SMARTS) is 1. The van der Waals surface area contributed by atoms with E-state index in [0.717, 1.165) is 19.3 Å². The summed E-state index contributed by atoms with van der Waals surface area (Å²) in [5.41, 5.74) is 0. The first-order valence-corrected chi connectivity index (χ1v) is 4.38. The molecule has 2 heteroatoms. The summed E-state index contributed by atoms with van der Waals surface area (Å²) in [6.45, 7) is 2.09. The molecule has 0 saturated heterocycles. The van der Waals surface area contributed by atoms with Gasteiger partial charge in [0.25, 0.3) is 0 Å². The summed E-state index contributed by atoms with van der Waals surface area (Å²) < 4.78 is 0. The third-order valence-electron chi connectivity index (χ3n) is 1.87. The molecule has 12 heavy (non-hydrogen) atoms. The van der Waals surface area contributed by atoms with Gasteiger partial charge in [-0.05, 0) is 6.42 Å². The van der Waals surface area contributed by atoms with Crippen molar-refractivity contribution in [2.45, 2.75) is 39.0 Å². The fraction of sp³-hybridized carbons (Fsp3) is 0.700. The Balaban J connectivity index is 3.65. The zero-order valence-corrected chi connectivity index (χ0v) is 7.55. The Morgan fingerprint density at radius 1 is 1.58 bits per heavy atom. The van der Waals surface area contributed by atoms with Gasteiger partial charge in [0, 0.05) is 6.42 Å². The largest absolute Gasteiger partial charge is 0.481 e. The zero-order valence-electron chi connectivity index (χ0n) is 7.55. The van der Waals surface area contributed by atoms with Crippen LogP contribution in [0.3, 0.4) is 0 Å². The van der Waals surface area contributed by atoms with Gasteiger partial charge in [-0.25, -0.2) is 0 Å². The topological polar surface area (TPSA) is 37.3 Å². The van der Waals surface area contributed by atoms with E-state index in [1.807, 2.05) is 0 Å². The average molecular weight is 168 g/mol. The molecule has 0 rings (SSSR count). The molecule has 0 amide bonds. The molecule has 0 aliphatic heterocycles. The lowest BCUT2D eigenvalue weighted by molar-refractivity contribution is -0.141. The Morgan fingerprint density at radius 2 is 2.25 bits per heavy atom. The molecule has 0 radical (unpaired) electrons. The lowest BCUT2D eigenvalue weighted by Crippen LogP contribution is -2.12.